The molecule has 0 amide bonds. The molecule has 0 radical (unpaired) electrons. The molecule has 2 nitrogen and oxygen atoms in total. The maximum Gasteiger partial charge on any atom is 0.0542 e. The molecule has 1 spiro atoms. The van der Waals surface area contributed by atoms with Gasteiger partial charge in [0.25, 0.3) is 0 Å². The molecule has 10 aromatic rings. The van der Waals surface area contributed by atoms with Gasteiger partial charge in [0.2, 0.25) is 0 Å². The molecule has 1 heterocycles. The number of para-hydroxylation sites is 2. The number of fused-ring (bicyclic) bond motifs is 6. The highest BCUT2D eigenvalue weighted by Gasteiger charge is 2.61. The van der Waals surface area contributed by atoms with Gasteiger partial charge < -0.3 is 9.47 Å². The molecule has 66 heavy (non-hydrogen) atoms. The third kappa shape index (κ3) is 5.73. The Bertz CT molecular complexity index is 3420. The normalized spacial score (nSPS) is 21.1. The summed E-state index contributed by atoms with van der Waals surface area (Å²) in [4.78, 5) is 2.43. The highest BCUT2D eigenvalue weighted by molar-refractivity contribution is 6.10. The van der Waals surface area contributed by atoms with E-state index in [0.717, 1.165) is 40.7 Å². The number of aromatic nitrogens is 1. The lowest BCUT2D eigenvalue weighted by Gasteiger charge is -2.61. The average Bonchev–Trinajstić information content (AvgIpc) is 3.86. The lowest BCUT2D eigenvalue weighted by atomic mass is 9.43. The van der Waals surface area contributed by atoms with Gasteiger partial charge >= 0.3 is 0 Å². The van der Waals surface area contributed by atoms with E-state index in [2.05, 4.69) is 228 Å². The molecule has 0 saturated heterocycles. The fourth-order valence-electron chi connectivity index (χ4n) is 13.8. The SMILES string of the molecule is c1ccc(-c2ccc(-c3ccc(N(c4ccc(-c5ccc6c(c5)-c5ccccc5C65C6CC7CC(C6)CC5C7)cc4)c4ccc5c(c4)c4ccccc4n5-c4ccccc4)cc3)cc2)cc1. The van der Waals surface area contributed by atoms with Crippen molar-refractivity contribution < 1.29 is 0 Å². The summed E-state index contributed by atoms with van der Waals surface area (Å²) in [6, 6.07) is 81.5. The van der Waals surface area contributed by atoms with Crippen LogP contribution in [-0.4, -0.2) is 4.57 Å². The van der Waals surface area contributed by atoms with Crippen molar-refractivity contribution in [2.24, 2.45) is 23.7 Å². The van der Waals surface area contributed by atoms with Crippen molar-refractivity contribution in [3.63, 3.8) is 0 Å². The lowest BCUT2D eigenvalue weighted by molar-refractivity contribution is -0.0399. The molecule has 0 atom stereocenters. The zero-order valence-corrected chi connectivity index (χ0v) is 37.0. The smallest absolute Gasteiger partial charge is 0.0542 e. The van der Waals surface area contributed by atoms with E-state index in [1.807, 2.05) is 0 Å². The molecule has 15 rings (SSSR count). The minimum Gasteiger partial charge on any atom is -0.310 e. The molecule has 0 N–H and O–H groups in total. The fourth-order valence-corrected chi connectivity index (χ4v) is 13.8. The number of anilines is 3. The van der Waals surface area contributed by atoms with Crippen LogP contribution in [0.3, 0.4) is 0 Å². The second kappa shape index (κ2) is 14.8. The fraction of sp³-hybridized carbons (Fsp3) is 0.156. The van der Waals surface area contributed by atoms with Gasteiger partial charge in [-0.2, -0.15) is 0 Å². The molecule has 0 unspecified atom stereocenters. The number of benzene rings is 9. The molecule has 5 aliphatic rings. The van der Waals surface area contributed by atoms with Gasteiger partial charge in [0.05, 0.1) is 11.0 Å². The van der Waals surface area contributed by atoms with Crippen molar-refractivity contribution in [1.82, 2.24) is 4.57 Å². The highest BCUT2D eigenvalue weighted by atomic mass is 15.1. The van der Waals surface area contributed by atoms with Crippen molar-refractivity contribution in [3.05, 3.63) is 230 Å². The van der Waals surface area contributed by atoms with E-state index in [1.54, 1.807) is 11.1 Å². The summed E-state index contributed by atoms with van der Waals surface area (Å²) in [6.45, 7) is 0. The quantitative estimate of drug-likeness (QED) is 0.155. The Balaban J connectivity index is 0.858. The van der Waals surface area contributed by atoms with Crippen molar-refractivity contribution >= 4 is 38.9 Å². The first-order chi connectivity index (χ1) is 32.7. The van der Waals surface area contributed by atoms with Crippen LogP contribution in [0.2, 0.25) is 0 Å². The third-order valence-corrected chi connectivity index (χ3v) is 16.4. The van der Waals surface area contributed by atoms with Gasteiger partial charge in [-0.15, -0.1) is 0 Å². The van der Waals surface area contributed by atoms with Crippen molar-refractivity contribution in [2.75, 3.05) is 4.90 Å². The zero-order chi connectivity index (χ0) is 43.3. The van der Waals surface area contributed by atoms with Crippen LogP contribution >= 0.6 is 0 Å². The summed E-state index contributed by atoms with van der Waals surface area (Å²) in [5.74, 6) is 3.43. The van der Waals surface area contributed by atoms with Crippen molar-refractivity contribution in [1.29, 1.82) is 0 Å². The Labute approximate surface area is 387 Å². The van der Waals surface area contributed by atoms with Crippen LogP contribution in [0, 0.1) is 23.7 Å². The second-order valence-electron chi connectivity index (χ2n) is 19.7. The van der Waals surface area contributed by atoms with Crippen LogP contribution in [0.5, 0.6) is 0 Å². The molecule has 4 bridgehead atoms. The summed E-state index contributed by atoms with van der Waals surface area (Å²) in [6.07, 6.45) is 7.12. The molecular weight excluding hydrogens is 797 g/mol. The predicted molar refractivity (Wildman–Crippen MR) is 275 cm³/mol. The number of hydrogen-bond donors (Lipinski definition) is 0. The van der Waals surface area contributed by atoms with Crippen LogP contribution in [0.4, 0.5) is 17.1 Å². The highest BCUT2D eigenvalue weighted by Crippen LogP contribution is 2.69. The average molecular weight is 847 g/mol. The summed E-state index contributed by atoms with van der Waals surface area (Å²) >= 11 is 0. The van der Waals surface area contributed by atoms with Gasteiger partial charge in [-0.25, -0.2) is 0 Å². The first-order valence-electron chi connectivity index (χ1n) is 24.2. The van der Waals surface area contributed by atoms with E-state index in [9.17, 15) is 0 Å². The Hall–Kier alpha value is -7.42. The number of hydrogen-bond acceptors (Lipinski definition) is 1. The Morgan fingerprint density at radius 2 is 0.833 bits per heavy atom. The van der Waals surface area contributed by atoms with Gasteiger partial charge in [-0.3, -0.25) is 0 Å². The first kappa shape index (κ1) is 37.9. The van der Waals surface area contributed by atoms with Gasteiger partial charge in [-0.05, 0) is 178 Å². The Morgan fingerprint density at radius 1 is 0.348 bits per heavy atom. The summed E-state index contributed by atoms with van der Waals surface area (Å²) < 4.78 is 2.39. The van der Waals surface area contributed by atoms with Gasteiger partial charge in [0.15, 0.2) is 0 Å². The van der Waals surface area contributed by atoms with Crippen LogP contribution < -0.4 is 4.90 Å². The van der Waals surface area contributed by atoms with E-state index in [1.165, 1.54) is 104 Å². The van der Waals surface area contributed by atoms with Crippen LogP contribution in [0.25, 0.3) is 72.0 Å². The minimum atomic E-state index is 0.192. The lowest BCUT2D eigenvalue weighted by Crippen LogP contribution is -2.55. The molecule has 9 aromatic carbocycles. The van der Waals surface area contributed by atoms with Gasteiger partial charge in [0, 0.05) is 38.9 Å². The zero-order valence-electron chi connectivity index (χ0n) is 37.0. The standard InChI is InChI=1S/C64H50N2/c1-3-11-44(12-4-1)45-19-21-46(22-20-45)47-23-28-53(29-24-47)65(55-32-34-63-59(41-55)57-16-8-10-18-62(57)66(63)52-13-5-2-6-14-52)54-30-25-48(26-31-54)49-27-33-61-58(40-49)56-15-7-9-17-60(56)64(61)50-36-42-35-43(38-50)39-51(64)37-42/h1-34,40-43,50-51H,35-39H2. The Kier molecular flexibility index (Phi) is 8.50. The second-order valence-corrected chi connectivity index (χ2v) is 19.7. The third-order valence-electron chi connectivity index (χ3n) is 16.4. The van der Waals surface area contributed by atoms with Gasteiger partial charge in [0.1, 0.15) is 0 Å². The number of rotatable bonds is 7. The molecular formula is C64H50N2. The maximum absolute atomic E-state index is 2.55. The van der Waals surface area contributed by atoms with E-state index in [0.29, 0.717) is 0 Å². The summed E-state index contributed by atoms with van der Waals surface area (Å²) in [5, 5.41) is 2.48. The molecule has 4 fully saturated rings. The molecule has 1 aromatic heterocycles. The molecule has 316 valence electrons. The van der Waals surface area contributed by atoms with Crippen molar-refractivity contribution in [2.45, 2.75) is 37.5 Å². The maximum atomic E-state index is 2.55. The van der Waals surface area contributed by atoms with E-state index < -0.39 is 0 Å². The van der Waals surface area contributed by atoms with E-state index in [-0.39, 0.29) is 5.41 Å². The minimum absolute atomic E-state index is 0.192. The first-order valence-corrected chi connectivity index (χ1v) is 24.2. The molecule has 2 heteroatoms. The molecule has 4 saturated carbocycles. The largest absolute Gasteiger partial charge is 0.310 e. The predicted octanol–water partition coefficient (Wildman–Crippen LogP) is 17.0. The van der Waals surface area contributed by atoms with Crippen LogP contribution in [0.1, 0.15) is 43.2 Å². The van der Waals surface area contributed by atoms with E-state index >= 15 is 0 Å². The topological polar surface area (TPSA) is 8.17 Å². The van der Waals surface area contributed by atoms with Gasteiger partial charge in [-0.1, -0.05) is 152 Å². The van der Waals surface area contributed by atoms with Crippen molar-refractivity contribution in [3.8, 4) is 50.2 Å². The number of nitrogens with zero attached hydrogens (tertiary/aromatic N) is 2. The van der Waals surface area contributed by atoms with Crippen LogP contribution in [-0.2, 0) is 5.41 Å². The van der Waals surface area contributed by atoms with Crippen LogP contribution in [0.15, 0.2) is 218 Å². The Morgan fingerprint density at radius 3 is 1.50 bits per heavy atom. The monoisotopic (exact) mass is 846 g/mol. The molecule has 5 aliphatic carbocycles. The molecule has 0 aliphatic heterocycles. The van der Waals surface area contributed by atoms with E-state index in [4.69, 9.17) is 0 Å². The summed E-state index contributed by atoms with van der Waals surface area (Å²) in [7, 11) is 0. The summed E-state index contributed by atoms with van der Waals surface area (Å²) in [5.41, 5.74) is 20.7.